The summed E-state index contributed by atoms with van der Waals surface area (Å²) in [6.07, 6.45) is 6.74. The number of ether oxygens (including phenoxy) is 1. The average Bonchev–Trinajstić information content (AvgIpc) is 2.40. The van der Waals surface area contributed by atoms with Crippen LogP contribution in [0, 0.1) is 5.41 Å². The van der Waals surface area contributed by atoms with Crippen molar-refractivity contribution in [3.63, 3.8) is 0 Å². The number of methoxy groups -OCH3 is 1. The summed E-state index contributed by atoms with van der Waals surface area (Å²) >= 11 is 0. The van der Waals surface area contributed by atoms with Crippen LogP contribution in [0.25, 0.3) is 0 Å². The lowest BCUT2D eigenvalue weighted by Gasteiger charge is -2.41. The Bertz CT molecular complexity index is 382. The van der Waals surface area contributed by atoms with Crippen LogP contribution in [-0.2, 0) is 0 Å². The van der Waals surface area contributed by atoms with Gasteiger partial charge < -0.3 is 10.1 Å². The molecular formula is C16H25NO. The molecule has 1 aliphatic rings. The van der Waals surface area contributed by atoms with E-state index in [1.807, 2.05) is 6.07 Å². The second kappa shape index (κ2) is 5.75. The van der Waals surface area contributed by atoms with E-state index < -0.39 is 0 Å². The Kier molecular flexibility index (Phi) is 4.28. The van der Waals surface area contributed by atoms with Gasteiger partial charge in [-0.05, 0) is 43.0 Å². The largest absolute Gasteiger partial charge is 0.497 e. The van der Waals surface area contributed by atoms with E-state index in [2.05, 4.69) is 37.5 Å². The Morgan fingerprint density at radius 1 is 1.22 bits per heavy atom. The summed E-state index contributed by atoms with van der Waals surface area (Å²) in [5, 5.41) is 3.52. The van der Waals surface area contributed by atoms with E-state index in [0.717, 1.165) is 5.75 Å². The highest BCUT2D eigenvalue weighted by atomic mass is 16.5. The summed E-state index contributed by atoms with van der Waals surface area (Å²) in [5.41, 5.74) is 1.72. The van der Waals surface area contributed by atoms with Crippen LogP contribution >= 0.6 is 0 Å². The summed E-state index contributed by atoms with van der Waals surface area (Å²) in [4.78, 5) is 0. The number of hydrogen-bond donors (Lipinski definition) is 1. The molecule has 2 nitrogen and oxygen atoms in total. The smallest absolute Gasteiger partial charge is 0.119 e. The first-order valence-electron chi connectivity index (χ1n) is 7.01. The zero-order chi connectivity index (χ0) is 13.0. The number of nitrogens with one attached hydrogen (secondary N) is 1. The van der Waals surface area contributed by atoms with Gasteiger partial charge >= 0.3 is 0 Å². The molecule has 1 fully saturated rings. The molecule has 2 rings (SSSR count). The van der Waals surface area contributed by atoms with Gasteiger partial charge in [0, 0.05) is 6.04 Å². The molecule has 2 heteroatoms. The highest BCUT2D eigenvalue weighted by Gasteiger charge is 2.35. The molecule has 0 saturated heterocycles. The van der Waals surface area contributed by atoms with E-state index >= 15 is 0 Å². The SMILES string of the molecule is CNC(c1cccc(OC)c1)C1(C)CCCCC1. The minimum atomic E-state index is 0.374. The lowest BCUT2D eigenvalue weighted by atomic mass is 9.68. The third kappa shape index (κ3) is 2.69. The van der Waals surface area contributed by atoms with Crippen molar-refractivity contribution in [3.05, 3.63) is 29.8 Å². The van der Waals surface area contributed by atoms with Crippen molar-refractivity contribution in [1.29, 1.82) is 0 Å². The van der Waals surface area contributed by atoms with Crippen LogP contribution < -0.4 is 10.1 Å². The van der Waals surface area contributed by atoms with E-state index in [4.69, 9.17) is 4.74 Å². The molecule has 1 saturated carbocycles. The van der Waals surface area contributed by atoms with Gasteiger partial charge in [-0.1, -0.05) is 38.3 Å². The predicted molar refractivity (Wildman–Crippen MR) is 76.0 cm³/mol. The minimum absolute atomic E-state index is 0.374. The molecule has 1 unspecified atom stereocenters. The Labute approximate surface area is 111 Å². The summed E-state index contributed by atoms with van der Waals surface area (Å²) in [6, 6.07) is 8.90. The average molecular weight is 247 g/mol. The van der Waals surface area contributed by atoms with Crippen LogP contribution in [0.5, 0.6) is 5.75 Å². The topological polar surface area (TPSA) is 21.3 Å². The molecule has 0 bridgehead atoms. The molecule has 0 amide bonds. The number of hydrogen-bond acceptors (Lipinski definition) is 2. The molecule has 1 N–H and O–H groups in total. The van der Waals surface area contributed by atoms with E-state index in [0.29, 0.717) is 11.5 Å². The van der Waals surface area contributed by atoms with E-state index in [1.54, 1.807) is 7.11 Å². The van der Waals surface area contributed by atoms with Gasteiger partial charge in [-0.25, -0.2) is 0 Å². The number of benzene rings is 1. The minimum Gasteiger partial charge on any atom is -0.497 e. The van der Waals surface area contributed by atoms with Crippen molar-refractivity contribution in [2.45, 2.75) is 45.1 Å². The second-order valence-electron chi connectivity index (χ2n) is 5.71. The first kappa shape index (κ1) is 13.4. The Morgan fingerprint density at radius 2 is 1.94 bits per heavy atom. The van der Waals surface area contributed by atoms with Gasteiger partial charge in [0.2, 0.25) is 0 Å². The monoisotopic (exact) mass is 247 g/mol. The third-order valence-electron chi connectivity index (χ3n) is 4.41. The summed E-state index contributed by atoms with van der Waals surface area (Å²) in [7, 11) is 3.81. The summed E-state index contributed by atoms with van der Waals surface area (Å²) < 4.78 is 5.34. The van der Waals surface area contributed by atoms with Crippen molar-refractivity contribution in [1.82, 2.24) is 5.32 Å². The van der Waals surface area contributed by atoms with Crippen LogP contribution in [-0.4, -0.2) is 14.2 Å². The van der Waals surface area contributed by atoms with Crippen LogP contribution in [0.15, 0.2) is 24.3 Å². The molecule has 1 aromatic carbocycles. The van der Waals surface area contributed by atoms with Gasteiger partial charge in [-0.15, -0.1) is 0 Å². The van der Waals surface area contributed by atoms with E-state index in [1.165, 1.54) is 37.7 Å². The van der Waals surface area contributed by atoms with E-state index in [-0.39, 0.29) is 0 Å². The van der Waals surface area contributed by atoms with Crippen LogP contribution in [0.2, 0.25) is 0 Å². The molecule has 1 aliphatic carbocycles. The molecule has 0 aromatic heterocycles. The number of rotatable bonds is 4. The van der Waals surface area contributed by atoms with Crippen LogP contribution in [0.3, 0.4) is 0 Å². The maximum Gasteiger partial charge on any atom is 0.119 e. The van der Waals surface area contributed by atoms with Crippen molar-refractivity contribution in [3.8, 4) is 5.75 Å². The van der Waals surface area contributed by atoms with Crippen molar-refractivity contribution < 1.29 is 4.74 Å². The fourth-order valence-corrected chi connectivity index (χ4v) is 3.39. The standard InChI is InChI=1S/C16H25NO/c1-16(10-5-4-6-11-16)15(17-2)13-8-7-9-14(12-13)18-3/h7-9,12,15,17H,4-6,10-11H2,1-3H3. The second-order valence-corrected chi connectivity index (χ2v) is 5.71. The highest BCUT2D eigenvalue weighted by Crippen LogP contribution is 2.45. The van der Waals surface area contributed by atoms with Gasteiger partial charge in [-0.3, -0.25) is 0 Å². The Balaban J connectivity index is 2.26. The highest BCUT2D eigenvalue weighted by molar-refractivity contribution is 5.31. The fourth-order valence-electron chi connectivity index (χ4n) is 3.39. The molecular weight excluding hydrogens is 222 g/mol. The van der Waals surface area contributed by atoms with Crippen molar-refractivity contribution >= 4 is 0 Å². The molecule has 0 radical (unpaired) electrons. The predicted octanol–water partition coefficient (Wildman–Crippen LogP) is 3.93. The summed E-state index contributed by atoms with van der Waals surface area (Å²) in [6.45, 7) is 2.42. The Hall–Kier alpha value is -1.02. The normalized spacial score (nSPS) is 20.4. The molecule has 0 heterocycles. The summed E-state index contributed by atoms with van der Waals surface area (Å²) in [5.74, 6) is 0.951. The fraction of sp³-hybridized carbons (Fsp3) is 0.625. The van der Waals surface area contributed by atoms with Crippen LogP contribution in [0.4, 0.5) is 0 Å². The maximum atomic E-state index is 5.34. The van der Waals surface area contributed by atoms with Crippen molar-refractivity contribution in [2.24, 2.45) is 5.41 Å². The van der Waals surface area contributed by atoms with Gasteiger partial charge in [0.05, 0.1) is 7.11 Å². The van der Waals surface area contributed by atoms with Gasteiger partial charge in [0.25, 0.3) is 0 Å². The van der Waals surface area contributed by atoms with Gasteiger partial charge in [0.1, 0.15) is 5.75 Å². The molecule has 0 spiro atoms. The van der Waals surface area contributed by atoms with Crippen molar-refractivity contribution in [2.75, 3.05) is 14.2 Å². The molecule has 1 atom stereocenters. The third-order valence-corrected chi connectivity index (χ3v) is 4.41. The van der Waals surface area contributed by atoms with Gasteiger partial charge in [-0.2, -0.15) is 0 Å². The first-order valence-corrected chi connectivity index (χ1v) is 7.01. The lowest BCUT2D eigenvalue weighted by Crippen LogP contribution is -2.36. The first-order chi connectivity index (χ1) is 8.69. The molecule has 18 heavy (non-hydrogen) atoms. The molecule has 0 aliphatic heterocycles. The van der Waals surface area contributed by atoms with Gasteiger partial charge in [0.15, 0.2) is 0 Å². The zero-order valence-corrected chi connectivity index (χ0v) is 11.8. The zero-order valence-electron chi connectivity index (χ0n) is 11.8. The lowest BCUT2D eigenvalue weighted by molar-refractivity contribution is 0.150. The Morgan fingerprint density at radius 3 is 2.56 bits per heavy atom. The maximum absolute atomic E-state index is 5.34. The van der Waals surface area contributed by atoms with Crippen LogP contribution in [0.1, 0.15) is 50.6 Å². The molecule has 100 valence electrons. The molecule has 1 aromatic rings. The van der Waals surface area contributed by atoms with E-state index in [9.17, 15) is 0 Å². The quantitative estimate of drug-likeness (QED) is 0.870.